The molecule has 2 atom stereocenters. The molecule has 0 aromatic heterocycles. The molecule has 21 heavy (non-hydrogen) atoms. The van der Waals surface area contributed by atoms with Crippen molar-refractivity contribution >= 4 is 10.0 Å². The van der Waals surface area contributed by atoms with Gasteiger partial charge in [0.2, 0.25) is 10.0 Å². The van der Waals surface area contributed by atoms with Crippen LogP contribution in [0.4, 0.5) is 13.2 Å². The predicted molar refractivity (Wildman–Crippen MR) is 71.2 cm³/mol. The van der Waals surface area contributed by atoms with E-state index in [4.69, 9.17) is 0 Å². The summed E-state index contributed by atoms with van der Waals surface area (Å²) in [5.74, 6) is 0.0176. The van der Waals surface area contributed by atoms with Crippen molar-refractivity contribution in [2.75, 3.05) is 39.0 Å². The van der Waals surface area contributed by atoms with Crippen molar-refractivity contribution in [3.8, 4) is 0 Å². The summed E-state index contributed by atoms with van der Waals surface area (Å²) in [7, 11) is -3.25. The highest BCUT2D eigenvalue weighted by Crippen LogP contribution is 2.38. The molecule has 1 N–H and O–H groups in total. The van der Waals surface area contributed by atoms with Gasteiger partial charge in [0.1, 0.15) is 0 Å². The summed E-state index contributed by atoms with van der Waals surface area (Å²) in [5, 5.41) is 9.64. The van der Waals surface area contributed by atoms with Gasteiger partial charge in [0.25, 0.3) is 0 Å². The van der Waals surface area contributed by atoms with E-state index in [0.717, 1.165) is 19.1 Å². The third-order valence-electron chi connectivity index (χ3n) is 4.32. The Kier molecular flexibility index (Phi) is 4.59. The quantitative estimate of drug-likeness (QED) is 0.826. The summed E-state index contributed by atoms with van der Waals surface area (Å²) < 4.78 is 62.7. The van der Waals surface area contributed by atoms with E-state index in [-0.39, 0.29) is 18.9 Å². The lowest BCUT2D eigenvalue weighted by Crippen LogP contribution is -2.48. The minimum Gasteiger partial charge on any atom is -0.379 e. The van der Waals surface area contributed by atoms with E-state index < -0.39 is 28.3 Å². The molecule has 0 spiro atoms. The number of β-amino-alcohol motifs (C(OH)–C–C–N with tert-alkyl or cyclic N) is 1. The minimum absolute atomic E-state index is 0.0176. The normalized spacial score (nSPS) is 33.5. The molecule has 124 valence electrons. The van der Waals surface area contributed by atoms with Crippen LogP contribution in [0.25, 0.3) is 0 Å². The molecule has 2 rings (SSSR count). The number of hydrogen-bond donors (Lipinski definition) is 1. The summed E-state index contributed by atoms with van der Waals surface area (Å²) in [6.45, 7) is 0.975. The topological polar surface area (TPSA) is 60.9 Å². The molecule has 5 nitrogen and oxygen atoms in total. The smallest absolute Gasteiger partial charge is 0.379 e. The molecule has 0 bridgehead atoms. The molecule has 0 amide bonds. The van der Waals surface area contributed by atoms with Crippen LogP contribution in [0.2, 0.25) is 0 Å². The Morgan fingerprint density at radius 3 is 2.52 bits per heavy atom. The lowest BCUT2D eigenvalue weighted by molar-refractivity contribution is -0.254. The van der Waals surface area contributed by atoms with E-state index in [1.54, 1.807) is 4.90 Å². The average Bonchev–Trinajstić information content (AvgIpc) is 2.71. The molecule has 0 aliphatic carbocycles. The Balaban J connectivity index is 1.92. The summed E-state index contributed by atoms with van der Waals surface area (Å²) in [5.41, 5.74) is -2.63. The van der Waals surface area contributed by atoms with Crippen LogP contribution < -0.4 is 0 Å². The Labute approximate surface area is 122 Å². The van der Waals surface area contributed by atoms with Gasteiger partial charge in [0.05, 0.1) is 6.26 Å². The first kappa shape index (κ1) is 17.0. The van der Waals surface area contributed by atoms with Crippen molar-refractivity contribution in [3.05, 3.63) is 0 Å². The van der Waals surface area contributed by atoms with Gasteiger partial charge in [-0.3, -0.25) is 4.90 Å². The van der Waals surface area contributed by atoms with E-state index in [1.807, 2.05) is 0 Å². The van der Waals surface area contributed by atoms with Gasteiger partial charge in [-0.25, -0.2) is 12.7 Å². The standard InChI is InChI=1S/C12H21F3N2O3S/c1-21(19,20)17-5-2-3-10(8-17)7-16-6-4-11(18,9-16)12(13,14)15/h10,18H,2-9H2,1H3/t10-,11-/m1/s1. The molecule has 0 aromatic carbocycles. The summed E-state index contributed by atoms with van der Waals surface area (Å²) in [6.07, 6.45) is -2.28. The number of piperidine rings is 1. The molecule has 2 saturated heterocycles. The number of sulfonamides is 1. The van der Waals surface area contributed by atoms with Crippen LogP contribution in [0.5, 0.6) is 0 Å². The van der Waals surface area contributed by atoms with Gasteiger partial charge in [0.15, 0.2) is 5.60 Å². The molecular weight excluding hydrogens is 309 g/mol. The van der Waals surface area contributed by atoms with Crippen LogP contribution in [0.3, 0.4) is 0 Å². The monoisotopic (exact) mass is 330 g/mol. The van der Waals surface area contributed by atoms with Crippen LogP contribution in [-0.4, -0.2) is 73.5 Å². The molecule has 2 fully saturated rings. The van der Waals surface area contributed by atoms with Crippen LogP contribution in [-0.2, 0) is 10.0 Å². The number of likely N-dealkylation sites (tertiary alicyclic amines) is 1. The third kappa shape index (κ3) is 3.88. The molecule has 0 unspecified atom stereocenters. The largest absolute Gasteiger partial charge is 0.418 e. The lowest BCUT2D eigenvalue weighted by Gasteiger charge is -2.33. The van der Waals surface area contributed by atoms with Gasteiger partial charge in [-0.15, -0.1) is 0 Å². The van der Waals surface area contributed by atoms with E-state index in [2.05, 4.69) is 0 Å². The zero-order valence-electron chi connectivity index (χ0n) is 11.9. The van der Waals surface area contributed by atoms with Crippen LogP contribution >= 0.6 is 0 Å². The first-order valence-electron chi connectivity index (χ1n) is 6.98. The zero-order chi connectivity index (χ0) is 15.9. The van der Waals surface area contributed by atoms with Crippen LogP contribution in [0.1, 0.15) is 19.3 Å². The Bertz CT molecular complexity index is 483. The fourth-order valence-corrected chi connectivity index (χ4v) is 4.04. The first-order valence-corrected chi connectivity index (χ1v) is 8.83. The van der Waals surface area contributed by atoms with Crippen molar-refractivity contribution in [1.82, 2.24) is 9.21 Å². The van der Waals surface area contributed by atoms with Crippen LogP contribution in [0, 0.1) is 5.92 Å². The number of alkyl halides is 3. The SMILES string of the molecule is CS(=O)(=O)N1CCC[C@H](CN2CC[C@](O)(C(F)(F)F)C2)C1. The number of hydrogen-bond acceptors (Lipinski definition) is 4. The fourth-order valence-electron chi connectivity index (χ4n) is 3.10. The third-order valence-corrected chi connectivity index (χ3v) is 5.59. The van der Waals surface area contributed by atoms with E-state index >= 15 is 0 Å². The predicted octanol–water partition coefficient (Wildman–Crippen LogP) is 0.657. The number of nitrogens with zero attached hydrogens (tertiary/aromatic N) is 2. The molecule has 0 saturated carbocycles. The van der Waals surface area contributed by atoms with Gasteiger partial charge in [-0.1, -0.05) is 0 Å². The van der Waals surface area contributed by atoms with Crippen molar-refractivity contribution in [3.63, 3.8) is 0 Å². The average molecular weight is 330 g/mol. The first-order chi connectivity index (χ1) is 9.51. The highest BCUT2D eigenvalue weighted by Gasteiger charge is 2.57. The molecule has 2 heterocycles. The Morgan fingerprint density at radius 2 is 2.00 bits per heavy atom. The van der Waals surface area contributed by atoms with Gasteiger partial charge in [-0.05, 0) is 25.2 Å². The highest BCUT2D eigenvalue weighted by molar-refractivity contribution is 7.88. The van der Waals surface area contributed by atoms with E-state index in [9.17, 15) is 26.7 Å². The molecule has 0 radical (unpaired) electrons. The van der Waals surface area contributed by atoms with Gasteiger partial charge >= 0.3 is 6.18 Å². The number of rotatable bonds is 3. The second kappa shape index (κ2) is 5.68. The van der Waals surface area contributed by atoms with Crippen molar-refractivity contribution in [2.45, 2.75) is 31.0 Å². The van der Waals surface area contributed by atoms with Crippen molar-refractivity contribution in [2.24, 2.45) is 5.92 Å². The van der Waals surface area contributed by atoms with Gasteiger partial charge in [0, 0.05) is 32.7 Å². The van der Waals surface area contributed by atoms with Crippen LogP contribution in [0.15, 0.2) is 0 Å². The van der Waals surface area contributed by atoms with Crippen molar-refractivity contribution < 1.29 is 26.7 Å². The molecular formula is C12H21F3N2O3S. The lowest BCUT2D eigenvalue weighted by atomic mass is 9.99. The number of halogens is 3. The maximum Gasteiger partial charge on any atom is 0.418 e. The molecule has 2 aliphatic heterocycles. The summed E-state index contributed by atoms with van der Waals surface area (Å²) >= 11 is 0. The minimum atomic E-state index is -4.62. The maximum absolute atomic E-state index is 12.8. The summed E-state index contributed by atoms with van der Waals surface area (Å²) in [6, 6.07) is 0. The summed E-state index contributed by atoms with van der Waals surface area (Å²) in [4.78, 5) is 1.59. The molecule has 0 aromatic rings. The number of aliphatic hydroxyl groups is 1. The molecule has 9 heteroatoms. The fraction of sp³-hybridized carbons (Fsp3) is 1.00. The van der Waals surface area contributed by atoms with E-state index in [0.29, 0.717) is 19.6 Å². The van der Waals surface area contributed by atoms with Gasteiger partial charge < -0.3 is 5.11 Å². The second-order valence-corrected chi connectivity index (χ2v) is 8.13. The Morgan fingerprint density at radius 1 is 1.33 bits per heavy atom. The molecule has 2 aliphatic rings. The maximum atomic E-state index is 12.8. The Hall–Kier alpha value is -0.380. The highest BCUT2D eigenvalue weighted by atomic mass is 32.2. The van der Waals surface area contributed by atoms with E-state index in [1.165, 1.54) is 4.31 Å². The van der Waals surface area contributed by atoms with Crippen molar-refractivity contribution in [1.29, 1.82) is 0 Å². The zero-order valence-corrected chi connectivity index (χ0v) is 12.8. The second-order valence-electron chi connectivity index (χ2n) is 6.14. The van der Waals surface area contributed by atoms with Gasteiger partial charge in [-0.2, -0.15) is 13.2 Å².